The largest absolute Gasteiger partial charge is 0.399 e. The van der Waals surface area contributed by atoms with Crippen molar-refractivity contribution in [2.75, 3.05) is 32.9 Å². The molecule has 0 bridgehead atoms. The van der Waals surface area contributed by atoms with Crippen LogP contribution in [0.5, 0.6) is 0 Å². The van der Waals surface area contributed by atoms with Crippen LogP contribution in [-0.2, 0) is 6.54 Å². The Hall–Kier alpha value is -0.580. The number of nitrogens with zero attached hydrogens (tertiary/aromatic N) is 2. The van der Waals surface area contributed by atoms with Gasteiger partial charge in [0, 0.05) is 29.3 Å². The van der Waals surface area contributed by atoms with Crippen molar-refractivity contribution >= 4 is 21.6 Å². The maximum absolute atomic E-state index is 5.78. The Morgan fingerprint density at radius 2 is 2.22 bits per heavy atom. The zero-order chi connectivity index (χ0) is 13.1. The monoisotopic (exact) mass is 311 g/mol. The Labute approximate surface area is 118 Å². The number of anilines is 1. The van der Waals surface area contributed by atoms with Gasteiger partial charge in [-0.15, -0.1) is 0 Å². The zero-order valence-corrected chi connectivity index (χ0v) is 12.8. The first-order valence-corrected chi connectivity index (χ1v) is 7.28. The minimum atomic E-state index is 0.685. The summed E-state index contributed by atoms with van der Waals surface area (Å²) < 4.78 is 1.12. The molecule has 0 spiro atoms. The average molecular weight is 312 g/mol. The molecule has 0 amide bonds. The second-order valence-corrected chi connectivity index (χ2v) is 6.23. The molecule has 0 aliphatic carbocycles. The second-order valence-electron chi connectivity index (χ2n) is 5.38. The van der Waals surface area contributed by atoms with Crippen LogP contribution >= 0.6 is 15.9 Å². The molecule has 2 rings (SSSR count). The van der Waals surface area contributed by atoms with Crippen molar-refractivity contribution in [2.24, 2.45) is 0 Å². The quantitative estimate of drug-likeness (QED) is 0.867. The molecule has 1 aromatic carbocycles. The highest BCUT2D eigenvalue weighted by Crippen LogP contribution is 2.25. The van der Waals surface area contributed by atoms with Gasteiger partial charge in [0.2, 0.25) is 0 Å². The van der Waals surface area contributed by atoms with E-state index in [0.717, 1.165) is 23.2 Å². The van der Waals surface area contributed by atoms with Gasteiger partial charge in [0.05, 0.1) is 0 Å². The molecular formula is C14H22BrN3. The molecule has 1 saturated heterocycles. The summed E-state index contributed by atoms with van der Waals surface area (Å²) in [6.07, 6.45) is 2.62. The van der Waals surface area contributed by atoms with Crippen molar-refractivity contribution in [1.29, 1.82) is 0 Å². The van der Waals surface area contributed by atoms with Crippen LogP contribution in [0.1, 0.15) is 18.4 Å². The minimum Gasteiger partial charge on any atom is -0.399 e. The number of nitrogens with two attached hydrogens (primary N) is 1. The normalized spacial score (nSPS) is 20.8. The molecule has 2 N–H and O–H groups in total. The predicted octanol–water partition coefficient (Wildman–Crippen LogP) is 2.56. The molecule has 1 fully saturated rings. The first-order chi connectivity index (χ1) is 8.56. The van der Waals surface area contributed by atoms with Crippen LogP contribution in [0.25, 0.3) is 0 Å². The summed E-state index contributed by atoms with van der Waals surface area (Å²) in [6.45, 7) is 3.36. The van der Waals surface area contributed by atoms with Crippen LogP contribution < -0.4 is 5.73 Å². The SMILES string of the molecule is CN(C)CC1CCCN1Cc1ccc(N)cc1Br. The fraction of sp³-hybridized carbons (Fsp3) is 0.571. The number of benzene rings is 1. The van der Waals surface area contributed by atoms with E-state index < -0.39 is 0 Å². The maximum Gasteiger partial charge on any atom is 0.0325 e. The number of likely N-dealkylation sites (N-methyl/N-ethyl adjacent to an activating group) is 1. The van der Waals surface area contributed by atoms with Crippen molar-refractivity contribution in [3.8, 4) is 0 Å². The lowest BCUT2D eigenvalue weighted by molar-refractivity contribution is 0.201. The number of halogens is 1. The fourth-order valence-electron chi connectivity index (χ4n) is 2.64. The second kappa shape index (κ2) is 6.04. The topological polar surface area (TPSA) is 32.5 Å². The van der Waals surface area contributed by atoms with Gasteiger partial charge in [-0.25, -0.2) is 0 Å². The zero-order valence-electron chi connectivity index (χ0n) is 11.2. The van der Waals surface area contributed by atoms with Crippen LogP contribution in [0.15, 0.2) is 22.7 Å². The Bertz CT molecular complexity index is 406. The molecule has 1 aliphatic rings. The van der Waals surface area contributed by atoms with E-state index >= 15 is 0 Å². The van der Waals surface area contributed by atoms with Crippen LogP contribution in [-0.4, -0.2) is 43.0 Å². The van der Waals surface area contributed by atoms with Gasteiger partial charge in [0.15, 0.2) is 0 Å². The fourth-order valence-corrected chi connectivity index (χ4v) is 3.16. The van der Waals surface area contributed by atoms with Gasteiger partial charge >= 0.3 is 0 Å². The molecule has 1 aliphatic heterocycles. The van der Waals surface area contributed by atoms with E-state index in [1.54, 1.807) is 0 Å². The summed E-state index contributed by atoms with van der Waals surface area (Å²) in [4.78, 5) is 4.86. The van der Waals surface area contributed by atoms with Gasteiger partial charge < -0.3 is 10.6 Å². The van der Waals surface area contributed by atoms with E-state index in [9.17, 15) is 0 Å². The Kier molecular flexibility index (Phi) is 4.65. The number of likely N-dealkylation sites (tertiary alicyclic amines) is 1. The van der Waals surface area contributed by atoms with Crippen molar-refractivity contribution in [3.63, 3.8) is 0 Å². The molecule has 1 atom stereocenters. The van der Waals surface area contributed by atoms with E-state index in [0.29, 0.717) is 6.04 Å². The van der Waals surface area contributed by atoms with E-state index in [1.165, 1.54) is 24.9 Å². The van der Waals surface area contributed by atoms with E-state index in [2.05, 4.69) is 45.9 Å². The summed E-state index contributed by atoms with van der Waals surface area (Å²) in [5.41, 5.74) is 7.92. The molecule has 1 aromatic rings. The first kappa shape index (κ1) is 13.8. The van der Waals surface area contributed by atoms with Crippen LogP contribution in [0, 0.1) is 0 Å². The van der Waals surface area contributed by atoms with E-state index in [1.807, 2.05) is 12.1 Å². The molecule has 18 heavy (non-hydrogen) atoms. The highest BCUT2D eigenvalue weighted by Gasteiger charge is 2.25. The van der Waals surface area contributed by atoms with Gasteiger partial charge in [-0.1, -0.05) is 22.0 Å². The highest BCUT2D eigenvalue weighted by atomic mass is 79.9. The molecule has 1 unspecified atom stereocenters. The number of hydrogen-bond acceptors (Lipinski definition) is 3. The average Bonchev–Trinajstić information content (AvgIpc) is 2.69. The van der Waals surface area contributed by atoms with Crippen LogP contribution in [0.3, 0.4) is 0 Å². The third-order valence-corrected chi connectivity index (χ3v) is 4.26. The Morgan fingerprint density at radius 1 is 1.44 bits per heavy atom. The molecule has 0 radical (unpaired) electrons. The molecular weight excluding hydrogens is 290 g/mol. The molecule has 100 valence electrons. The summed E-state index contributed by atoms with van der Waals surface area (Å²) in [6, 6.07) is 6.79. The lowest BCUT2D eigenvalue weighted by Gasteiger charge is -2.27. The van der Waals surface area contributed by atoms with Crippen molar-refractivity contribution in [2.45, 2.75) is 25.4 Å². The smallest absolute Gasteiger partial charge is 0.0325 e. The van der Waals surface area contributed by atoms with Gasteiger partial charge in [-0.05, 0) is 51.2 Å². The third kappa shape index (κ3) is 3.46. The molecule has 0 saturated carbocycles. The van der Waals surface area contributed by atoms with Crippen LogP contribution in [0.2, 0.25) is 0 Å². The number of nitrogen functional groups attached to an aromatic ring is 1. The van der Waals surface area contributed by atoms with Gasteiger partial charge in [0.1, 0.15) is 0 Å². The predicted molar refractivity (Wildman–Crippen MR) is 80.5 cm³/mol. The summed E-state index contributed by atoms with van der Waals surface area (Å²) in [7, 11) is 4.30. The minimum absolute atomic E-state index is 0.685. The third-order valence-electron chi connectivity index (χ3n) is 3.53. The van der Waals surface area contributed by atoms with Crippen molar-refractivity contribution in [3.05, 3.63) is 28.2 Å². The van der Waals surface area contributed by atoms with Gasteiger partial charge in [-0.3, -0.25) is 4.90 Å². The van der Waals surface area contributed by atoms with Gasteiger partial charge in [-0.2, -0.15) is 0 Å². The van der Waals surface area contributed by atoms with Crippen LogP contribution in [0.4, 0.5) is 5.69 Å². The molecule has 0 aromatic heterocycles. The highest BCUT2D eigenvalue weighted by molar-refractivity contribution is 9.10. The van der Waals surface area contributed by atoms with E-state index in [4.69, 9.17) is 5.73 Å². The van der Waals surface area contributed by atoms with Crippen molar-refractivity contribution in [1.82, 2.24) is 9.80 Å². The summed E-state index contributed by atoms with van der Waals surface area (Å²) in [5.74, 6) is 0. The van der Waals surface area contributed by atoms with Crippen molar-refractivity contribution < 1.29 is 0 Å². The standard InChI is InChI=1S/C14H22BrN3/c1-17(2)10-13-4-3-7-18(13)9-11-5-6-12(16)8-14(11)15/h5-6,8,13H,3-4,7,9-10,16H2,1-2H3. The first-order valence-electron chi connectivity index (χ1n) is 6.49. The lowest BCUT2D eigenvalue weighted by atomic mass is 10.1. The molecule has 4 heteroatoms. The summed E-state index contributed by atoms with van der Waals surface area (Å²) in [5, 5.41) is 0. The van der Waals surface area contributed by atoms with Gasteiger partial charge in [0.25, 0.3) is 0 Å². The molecule has 1 heterocycles. The maximum atomic E-state index is 5.78. The molecule has 3 nitrogen and oxygen atoms in total. The number of rotatable bonds is 4. The Morgan fingerprint density at radius 3 is 2.89 bits per heavy atom. The van der Waals surface area contributed by atoms with E-state index in [-0.39, 0.29) is 0 Å². The number of hydrogen-bond donors (Lipinski definition) is 1. The Balaban J connectivity index is 2.03. The summed E-state index contributed by atoms with van der Waals surface area (Å²) >= 11 is 3.61. The lowest BCUT2D eigenvalue weighted by Crippen LogP contribution is -2.37.